The number of hydrogen-bond donors (Lipinski definition) is 1. The second kappa shape index (κ2) is 6.26. The lowest BCUT2D eigenvalue weighted by molar-refractivity contribution is 0.102. The van der Waals surface area contributed by atoms with Gasteiger partial charge in [0.1, 0.15) is 17.3 Å². The summed E-state index contributed by atoms with van der Waals surface area (Å²) in [5.74, 6) is -0.0689. The number of nitrogens with one attached hydrogen (secondary N) is 1. The van der Waals surface area contributed by atoms with Gasteiger partial charge in [-0.15, -0.1) is 0 Å². The van der Waals surface area contributed by atoms with E-state index in [0.29, 0.717) is 17.2 Å². The maximum atomic E-state index is 13.8. The van der Waals surface area contributed by atoms with Crippen molar-refractivity contribution in [2.75, 3.05) is 19.5 Å². The van der Waals surface area contributed by atoms with Gasteiger partial charge in [0.25, 0.3) is 5.91 Å². The van der Waals surface area contributed by atoms with E-state index in [1.807, 2.05) is 0 Å². The van der Waals surface area contributed by atoms with Crippen LogP contribution in [0.1, 0.15) is 15.9 Å². The summed E-state index contributed by atoms with van der Waals surface area (Å²) < 4.78 is 24.1. The third-order valence-electron chi connectivity index (χ3n) is 3.02. The third-order valence-corrected chi connectivity index (χ3v) is 3.02. The van der Waals surface area contributed by atoms with Gasteiger partial charge in [-0.05, 0) is 36.8 Å². The van der Waals surface area contributed by atoms with Crippen molar-refractivity contribution >= 4 is 11.6 Å². The molecular formula is C16H16FNO3. The molecule has 0 fully saturated rings. The van der Waals surface area contributed by atoms with Crippen molar-refractivity contribution < 1.29 is 18.7 Å². The van der Waals surface area contributed by atoms with Crippen LogP contribution in [-0.2, 0) is 0 Å². The number of rotatable bonds is 4. The van der Waals surface area contributed by atoms with Crippen LogP contribution in [-0.4, -0.2) is 20.1 Å². The van der Waals surface area contributed by atoms with Crippen LogP contribution >= 0.6 is 0 Å². The quantitative estimate of drug-likeness (QED) is 0.938. The van der Waals surface area contributed by atoms with Crippen molar-refractivity contribution in [3.63, 3.8) is 0 Å². The number of anilines is 1. The van der Waals surface area contributed by atoms with E-state index in [1.165, 1.54) is 26.4 Å². The van der Waals surface area contributed by atoms with Crippen LogP contribution in [0.25, 0.3) is 0 Å². The Morgan fingerprint density at radius 3 is 2.48 bits per heavy atom. The van der Waals surface area contributed by atoms with Gasteiger partial charge in [-0.25, -0.2) is 4.39 Å². The number of hydrogen-bond acceptors (Lipinski definition) is 3. The van der Waals surface area contributed by atoms with Gasteiger partial charge in [0.15, 0.2) is 0 Å². The van der Waals surface area contributed by atoms with Crippen molar-refractivity contribution in [3.8, 4) is 11.5 Å². The van der Waals surface area contributed by atoms with Crippen LogP contribution in [0.15, 0.2) is 36.4 Å². The predicted octanol–water partition coefficient (Wildman–Crippen LogP) is 3.40. The van der Waals surface area contributed by atoms with Gasteiger partial charge < -0.3 is 14.8 Å². The predicted molar refractivity (Wildman–Crippen MR) is 78.6 cm³/mol. The molecule has 21 heavy (non-hydrogen) atoms. The smallest absolute Gasteiger partial charge is 0.258 e. The number of ether oxygens (including phenoxy) is 2. The SMILES string of the molecule is COc1ccc(OC)c(NC(=O)c2ccc(C)cc2F)c1. The lowest BCUT2D eigenvalue weighted by Crippen LogP contribution is -2.14. The van der Waals surface area contributed by atoms with E-state index in [2.05, 4.69) is 5.32 Å². The average molecular weight is 289 g/mol. The molecule has 0 aliphatic carbocycles. The minimum Gasteiger partial charge on any atom is -0.497 e. The van der Waals surface area contributed by atoms with E-state index in [-0.39, 0.29) is 5.56 Å². The first kappa shape index (κ1) is 14.8. The van der Waals surface area contributed by atoms with Gasteiger partial charge in [-0.2, -0.15) is 0 Å². The Morgan fingerprint density at radius 1 is 1.10 bits per heavy atom. The summed E-state index contributed by atoms with van der Waals surface area (Å²) in [4.78, 5) is 12.2. The van der Waals surface area contributed by atoms with Crippen LogP contribution in [0, 0.1) is 12.7 Å². The first-order chi connectivity index (χ1) is 10.0. The summed E-state index contributed by atoms with van der Waals surface area (Å²) in [6.45, 7) is 1.76. The molecule has 5 heteroatoms. The summed E-state index contributed by atoms with van der Waals surface area (Å²) in [5.41, 5.74) is 1.15. The minimum absolute atomic E-state index is 0.0227. The number of halogens is 1. The Balaban J connectivity index is 2.30. The van der Waals surface area contributed by atoms with Gasteiger partial charge in [-0.1, -0.05) is 6.07 Å². The van der Waals surface area contributed by atoms with Crippen molar-refractivity contribution in [1.29, 1.82) is 0 Å². The van der Waals surface area contributed by atoms with Crippen LogP contribution in [0.3, 0.4) is 0 Å². The van der Waals surface area contributed by atoms with Gasteiger partial charge >= 0.3 is 0 Å². The van der Waals surface area contributed by atoms with Gasteiger partial charge in [0, 0.05) is 6.07 Å². The Bertz CT molecular complexity index is 671. The molecule has 4 nitrogen and oxygen atoms in total. The lowest BCUT2D eigenvalue weighted by atomic mass is 10.1. The summed E-state index contributed by atoms with van der Waals surface area (Å²) >= 11 is 0. The van der Waals surface area contributed by atoms with Crippen LogP contribution in [0.2, 0.25) is 0 Å². The highest BCUT2D eigenvalue weighted by Gasteiger charge is 2.14. The van der Waals surface area contributed by atoms with E-state index < -0.39 is 11.7 Å². The summed E-state index contributed by atoms with van der Waals surface area (Å²) in [6.07, 6.45) is 0. The van der Waals surface area contributed by atoms with Crippen molar-refractivity contribution in [1.82, 2.24) is 0 Å². The largest absolute Gasteiger partial charge is 0.497 e. The molecule has 110 valence electrons. The van der Waals surface area contributed by atoms with Crippen LogP contribution < -0.4 is 14.8 Å². The summed E-state index contributed by atoms with van der Waals surface area (Å²) in [5, 5.41) is 2.63. The van der Waals surface area contributed by atoms with Crippen molar-refractivity contribution in [2.24, 2.45) is 0 Å². The number of carbonyl (C=O) groups is 1. The molecule has 0 unspecified atom stereocenters. The minimum atomic E-state index is -0.561. The normalized spacial score (nSPS) is 10.1. The molecule has 0 atom stereocenters. The molecule has 1 N–H and O–H groups in total. The monoisotopic (exact) mass is 289 g/mol. The molecule has 0 radical (unpaired) electrons. The molecule has 0 saturated carbocycles. The molecule has 0 saturated heterocycles. The van der Waals surface area contributed by atoms with E-state index >= 15 is 0 Å². The number of aryl methyl sites for hydroxylation is 1. The zero-order chi connectivity index (χ0) is 15.4. The maximum absolute atomic E-state index is 13.8. The molecular weight excluding hydrogens is 273 g/mol. The van der Waals surface area contributed by atoms with Gasteiger partial charge in [0.2, 0.25) is 0 Å². The zero-order valence-electron chi connectivity index (χ0n) is 12.1. The van der Waals surface area contributed by atoms with Crippen molar-refractivity contribution in [3.05, 3.63) is 53.3 Å². The third kappa shape index (κ3) is 3.31. The number of benzene rings is 2. The van der Waals surface area contributed by atoms with E-state index in [4.69, 9.17) is 9.47 Å². The van der Waals surface area contributed by atoms with E-state index in [1.54, 1.807) is 31.2 Å². The second-order valence-corrected chi connectivity index (χ2v) is 4.50. The summed E-state index contributed by atoms with van der Waals surface area (Å²) in [6, 6.07) is 9.44. The van der Waals surface area contributed by atoms with Gasteiger partial charge in [-0.3, -0.25) is 4.79 Å². The van der Waals surface area contributed by atoms with Crippen molar-refractivity contribution in [2.45, 2.75) is 6.92 Å². The molecule has 2 rings (SSSR count). The fourth-order valence-corrected chi connectivity index (χ4v) is 1.91. The molecule has 2 aromatic carbocycles. The molecule has 0 aromatic heterocycles. The first-order valence-corrected chi connectivity index (χ1v) is 6.34. The standard InChI is InChI=1S/C16H16FNO3/c1-10-4-6-12(13(17)8-10)16(19)18-14-9-11(20-2)5-7-15(14)21-3/h4-9H,1-3H3,(H,18,19). The Labute approximate surface area is 122 Å². The fraction of sp³-hybridized carbons (Fsp3) is 0.188. The van der Waals surface area contributed by atoms with Gasteiger partial charge in [0.05, 0.1) is 25.5 Å². The molecule has 0 aliphatic heterocycles. The van der Waals surface area contributed by atoms with E-state index in [0.717, 1.165) is 5.56 Å². The molecule has 0 heterocycles. The average Bonchev–Trinajstić information content (AvgIpc) is 2.46. The lowest BCUT2D eigenvalue weighted by Gasteiger charge is -2.12. The Morgan fingerprint density at radius 2 is 1.86 bits per heavy atom. The molecule has 1 amide bonds. The molecule has 0 bridgehead atoms. The van der Waals surface area contributed by atoms with Crippen LogP contribution in [0.5, 0.6) is 11.5 Å². The highest BCUT2D eigenvalue weighted by molar-refractivity contribution is 6.05. The highest BCUT2D eigenvalue weighted by atomic mass is 19.1. The Hall–Kier alpha value is -2.56. The first-order valence-electron chi connectivity index (χ1n) is 6.34. The summed E-state index contributed by atoms with van der Waals surface area (Å²) in [7, 11) is 3.01. The topological polar surface area (TPSA) is 47.6 Å². The Kier molecular flexibility index (Phi) is 4.42. The number of methoxy groups -OCH3 is 2. The zero-order valence-corrected chi connectivity index (χ0v) is 12.1. The fourth-order valence-electron chi connectivity index (χ4n) is 1.91. The molecule has 0 spiro atoms. The highest BCUT2D eigenvalue weighted by Crippen LogP contribution is 2.29. The van der Waals surface area contributed by atoms with E-state index in [9.17, 15) is 9.18 Å². The van der Waals surface area contributed by atoms with Crippen LogP contribution in [0.4, 0.5) is 10.1 Å². The number of amides is 1. The molecule has 2 aromatic rings. The molecule has 0 aliphatic rings. The second-order valence-electron chi connectivity index (χ2n) is 4.50. The number of carbonyl (C=O) groups excluding carboxylic acids is 1. The maximum Gasteiger partial charge on any atom is 0.258 e.